The lowest BCUT2D eigenvalue weighted by molar-refractivity contribution is 0.370. The molecule has 5 rings (SSSR count). The van der Waals surface area contributed by atoms with Gasteiger partial charge in [0.2, 0.25) is 11.8 Å². The Morgan fingerprint density at radius 1 is 0.679 bits per heavy atom. The molecule has 0 amide bonds. The third-order valence-corrected chi connectivity index (χ3v) is 5.48. The maximum atomic E-state index is 6.53. The predicted molar refractivity (Wildman–Crippen MR) is 109 cm³/mol. The summed E-state index contributed by atoms with van der Waals surface area (Å²) in [5, 5.41) is 9.63. The first-order valence-electron chi connectivity index (χ1n) is 9.47. The number of aryl methyl sites for hydroxylation is 2. The molecule has 0 spiro atoms. The summed E-state index contributed by atoms with van der Waals surface area (Å²) < 4.78 is 10.3. The number of fused-ring (bicyclic) bond motifs is 2. The third-order valence-electron chi connectivity index (χ3n) is 5.48. The van der Waals surface area contributed by atoms with E-state index in [1.807, 2.05) is 83.9 Å². The second-order valence-electron chi connectivity index (χ2n) is 7.75. The molecule has 3 heterocycles. The molecule has 0 radical (unpaired) electrons. The highest BCUT2D eigenvalue weighted by Gasteiger charge is 2.43. The van der Waals surface area contributed by atoms with Gasteiger partial charge in [0.15, 0.2) is 0 Å². The molecule has 5 heteroatoms. The third kappa shape index (κ3) is 2.26. The molecule has 0 atom stereocenters. The molecule has 0 bridgehead atoms. The fourth-order valence-corrected chi connectivity index (χ4v) is 4.34. The SMILES string of the molecule is Cc1nn(-c2ccccc2)c2c1C(C)(C)c1c(C)nn(-c3ccccc3)c1O2. The summed E-state index contributed by atoms with van der Waals surface area (Å²) >= 11 is 0. The predicted octanol–water partition coefficient (Wildman–Crippen LogP) is 5.11. The largest absolute Gasteiger partial charge is 0.420 e. The number of ether oxygens (including phenoxy) is 1. The van der Waals surface area contributed by atoms with E-state index in [2.05, 4.69) is 13.8 Å². The summed E-state index contributed by atoms with van der Waals surface area (Å²) in [6.07, 6.45) is 0. The minimum Gasteiger partial charge on any atom is -0.420 e. The van der Waals surface area contributed by atoms with Crippen LogP contribution in [-0.2, 0) is 5.41 Å². The van der Waals surface area contributed by atoms with Crippen molar-refractivity contribution in [3.8, 4) is 23.1 Å². The van der Waals surface area contributed by atoms with Gasteiger partial charge in [-0.3, -0.25) is 0 Å². The molecule has 0 aliphatic carbocycles. The summed E-state index contributed by atoms with van der Waals surface area (Å²) in [4.78, 5) is 0. The van der Waals surface area contributed by atoms with Crippen molar-refractivity contribution >= 4 is 0 Å². The van der Waals surface area contributed by atoms with Crippen molar-refractivity contribution in [1.82, 2.24) is 19.6 Å². The molecule has 0 saturated heterocycles. The molecule has 1 aliphatic heterocycles. The van der Waals surface area contributed by atoms with Crippen LogP contribution < -0.4 is 4.74 Å². The number of aromatic nitrogens is 4. The highest BCUT2D eigenvalue weighted by molar-refractivity contribution is 5.59. The molecule has 5 nitrogen and oxygen atoms in total. The summed E-state index contributed by atoms with van der Waals surface area (Å²) in [6, 6.07) is 20.2. The number of para-hydroxylation sites is 2. The normalized spacial score (nSPS) is 14.3. The van der Waals surface area contributed by atoms with Crippen molar-refractivity contribution in [2.24, 2.45) is 0 Å². The monoisotopic (exact) mass is 370 g/mol. The Bertz CT molecular complexity index is 1080. The molecular formula is C23H22N4O. The maximum absolute atomic E-state index is 6.53. The van der Waals surface area contributed by atoms with Crippen LogP contribution in [0.2, 0.25) is 0 Å². The molecule has 140 valence electrons. The van der Waals surface area contributed by atoms with E-state index in [0.717, 1.165) is 45.6 Å². The zero-order chi connectivity index (χ0) is 19.5. The molecule has 0 fully saturated rings. The van der Waals surface area contributed by atoms with Crippen LogP contribution in [0, 0.1) is 13.8 Å². The molecule has 28 heavy (non-hydrogen) atoms. The average molecular weight is 370 g/mol. The van der Waals surface area contributed by atoms with Crippen molar-refractivity contribution in [1.29, 1.82) is 0 Å². The zero-order valence-corrected chi connectivity index (χ0v) is 16.5. The Morgan fingerprint density at radius 3 is 1.46 bits per heavy atom. The summed E-state index contributed by atoms with van der Waals surface area (Å²) in [6.45, 7) is 8.54. The number of rotatable bonds is 2. The van der Waals surface area contributed by atoms with Crippen LogP contribution in [0.5, 0.6) is 11.8 Å². The average Bonchev–Trinajstić information content (AvgIpc) is 3.21. The lowest BCUT2D eigenvalue weighted by Gasteiger charge is -2.31. The van der Waals surface area contributed by atoms with Gasteiger partial charge in [-0.25, -0.2) is 9.36 Å². The standard InChI is InChI=1S/C23H22N4O/c1-15-19-21(26(24-15)17-11-7-5-8-12-17)28-22-20(23(19,3)4)16(2)25-27(22)18-13-9-6-10-14-18/h5-14H,1-4H3. The van der Waals surface area contributed by atoms with Gasteiger partial charge in [0, 0.05) is 16.5 Å². The van der Waals surface area contributed by atoms with Gasteiger partial charge in [0.05, 0.1) is 22.8 Å². The Balaban J connectivity index is 1.77. The van der Waals surface area contributed by atoms with Crippen LogP contribution in [0.4, 0.5) is 0 Å². The second kappa shape index (κ2) is 5.83. The van der Waals surface area contributed by atoms with Gasteiger partial charge in [-0.15, -0.1) is 0 Å². The number of hydrogen-bond donors (Lipinski definition) is 0. The number of benzene rings is 2. The topological polar surface area (TPSA) is 44.9 Å². The van der Waals surface area contributed by atoms with E-state index in [1.54, 1.807) is 0 Å². The Kier molecular flexibility index (Phi) is 3.50. The molecule has 2 aromatic heterocycles. The first-order chi connectivity index (χ1) is 13.5. The highest BCUT2D eigenvalue weighted by atomic mass is 16.5. The Labute approximate surface area is 164 Å². The zero-order valence-electron chi connectivity index (χ0n) is 16.5. The number of hydrogen-bond acceptors (Lipinski definition) is 3. The molecule has 4 aromatic rings. The van der Waals surface area contributed by atoms with Gasteiger partial charge in [0.25, 0.3) is 0 Å². The Morgan fingerprint density at radius 2 is 1.07 bits per heavy atom. The van der Waals surface area contributed by atoms with Crippen LogP contribution in [0.25, 0.3) is 11.4 Å². The van der Waals surface area contributed by atoms with Crippen LogP contribution >= 0.6 is 0 Å². The van der Waals surface area contributed by atoms with E-state index in [1.165, 1.54) is 0 Å². The minimum absolute atomic E-state index is 0.267. The van der Waals surface area contributed by atoms with Crippen molar-refractivity contribution in [2.75, 3.05) is 0 Å². The van der Waals surface area contributed by atoms with Gasteiger partial charge in [-0.2, -0.15) is 10.2 Å². The molecule has 0 N–H and O–H groups in total. The van der Waals surface area contributed by atoms with E-state index in [9.17, 15) is 0 Å². The van der Waals surface area contributed by atoms with Crippen LogP contribution in [-0.4, -0.2) is 19.6 Å². The van der Waals surface area contributed by atoms with Gasteiger partial charge < -0.3 is 4.74 Å². The van der Waals surface area contributed by atoms with Crippen LogP contribution in [0.15, 0.2) is 60.7 Å². The van der Waals surface area contributed by atoms with Crippen LogP contribution in [0.1, 0.15) is 36.4 Å². The van der Waals surface area contributed by atoms with Crippen molar-refractivity contribution in [2.45, 2.75) is 33.1 Å². The summed E-state index contributed by atoms with van der Waals surface area (Å²) in [7, 11) is 0. The minimum atomic E-state index is -0.267. The van der Waals surface area contributed by atoms with Gasteiger partial charge in [0.1, 0.15) is 0 Å². The van der Waals surface area contributed by atoms with Crippen LogP contribution in [0.3, 0.4) is 0 Å². The first-order valence-corrected chi connectivity index (χ1v) is 9.47. The molecule has 0 unspecified atom stereocenters. The number of nitrogens with zero attached hydrogens (tertiary/aromatic N) is 4. The van der Waals surface area contributed by atoms with E-state index in [-0.39, 0.29) is 5.41 Å². The maximum Gasteiger partial charge on any atom is 0.229 e. The Hall–Kier alpha value is -3.34. The van der Waals surface area contributed by atoms with Gasteiger partial charge in [-0.1, -0.05) is 50.2 Å². The molecule has 2 aromatic carbocycles. The van der Waals surface area contributed by atoms with Crippen molar-refractivity contribution < 1.29 is 4.74 Å². The second-order valence-corrected chi connectivity index (χ2v) is 7.75. The quantitative estimate of drug-likeness (QED) is 0.493. The van der Waals surface area contributed by atoms with E-state index < -0.39 is 0 Å². The van der Waals surface area contributed by atoms with E-state index >= 15 is 0 Å². The summed E-state index contributed by atoms with van der Waals surface area (Å²) in [5.74, 6) is 1.52. The lowest BCUT2D eigenvalue weighted by Crippen LogP contribution is -2.25. The van der Waals surface area contributed by atoms with Gasteiger partial charge in [-0.05, 0) is 38.1 Å². The van der Waals surface area contributed by atoms with Gasteiger partial charge >= 0.3 is 0 Å². The fraction of sp³-hybridized carbons (Fsp3) is 0.217. The molecule has 0 saturated carbocycles. The molecular weight excluding hydrogens is 348 g/mol. The first kappa shape index (κ1) is 16.8. The summed E-state index contributed by atoms with van der Waals surface area (Å²) in [5.41, 5.74) is 5.86. The van der Waals surface area contributed by atoms with Crippen molar-refractivity contribution in [3.05, 3.63) is 83.2 Å². The van der Waals surface area contributed by atoms with E-state index in [4.69, 9.17) is 14.9 Å². The highest BCUT2D eigenvalue weighted by Crippen LogP contribution is 2.51. The smallest absolute Gasteiger partial charge is 0.229 e. The molecule has 1 aliphatic rings. The van der Waals surface area contributed by atoms with E-state index in [0.29, 0.717) is 0 Å². The van der Waals surface area contributed by atoms with Crippen molar-refractivity contribution in [3.63, 3.8) is 0 Å². The lowest BCUT2D eigenvalue weighted by atomic mass is 9.76. The fourth-order valence-electron chi connectivity index (χ4n) is 4.34.